The third-order valence-corrected chi connectivity index (χ3v) is 15.0. The minimum Gasteiger partial charge on any atom is -0.661 e. The number of nitrogens with zero attached hydrogens (tertiary/aromatic N) is 4. The number of pyridine rings is 1. The van der Waals surface area contributed by atoms with Crippen molar-refractivity contribution >= 4 is 52.1 Å². The Hall–Kier alpha value is -5.26. The predicted octanol–water partition coefficient (Wildman–Crippen LogP) is 15.8. The molecule has 0 saturated heterocycles. The molecule has 1 atom stereocenters. The quantitative estimate of drug-likeness (QED) is 0.112. The van der Waals surface area contributed by atoms with E-state index in [1.165, 1.54) is 65.2 Å². The van der Waals surface area contributed by atoms with Gasteiger partial charge in [0.15, 0.2) is 0 Å². The second-order valence-electron chi connectivity index (χ2n) is 18.8. The Morgan fingerprint density at radius 2 is 1.37 bits per heavy atom. The van der Waals surface area contributed by atoms with Crippen molar-refractivity contribution in [2.75, 3.05) is 4.90 Å². The van der Waals surface area contributed by atoms with Crippen molar-refractivity contribution in [3.8, 4) is 16.9 Å². The number of fused-ring (bicyclic) bond motifs is 4. The van der Waals surface area contributed by atoms with Crippen LogP contribution < -0.4 is 10.1 Å². The number of anilines is 2. The van der Waals surface area contributed by atoms with Crippen LogP contribution in [-0.4, -0.2) is 17.6 Å². The van der Waals surface area contributed by atoms with Crippen LogP contribution in [-0.2, 0) is 20.1 Å². The van der Waals surface area contributed by atoms with E-state index in [1.54, 1.807) is 10.8 Å². The second-order valence-corrected chi connectivity index (χ2v) is 23.9. The zero-order valence-corrected chi connectivity index (χ0v) is 41.2. The van der Waals surface area contributed by atoms with Gasteiger partial charge in [0.25, 0.3) is 0 Å². The van der Waals surface area contributed by atoms with E-state index in [0.717, 1.165) is 45.3 Å². The fourth-order valence-corrected chi connectivity index (χ4v) is 11.4. The van der Waals surface area contributed by atoms with E-state index in [0.29, 0.717) is 11.8 Å². The Morgan fingerprint density at radius 1 is 0.683 bits per heavy atom. The standard InChI is InChI=1S/C37H33N3.C20H26NSi.Ir/c1-24(2)28-16-12-17-29(25(3)4)36(28)40-35-20-11-9-18-32(35)38-37(40)26-21-22-34-31(23-26)30-15-8-10-19-33(30)39(34)27-13-6-5-7-14-27;1-22(2,3)20-15-21-19(17-12-8-5-9-13-17)14-18(20)16-10-6-4-7-11-16;/h5-20,22-25,37H,1-4H3;5,8-9,12,14-16H,4,6-7,10-11H2,1-3H3;/q-2;-1;+3. The summed E-state index contributed by atoms with van der Waals surface area (Å²) >= 11 is 0. The van der Waals surface area contributed by atoms with Crippen LogP contribution in [0.5, 0.6) is 0 Å². The molecular formula is C57H59IrN4Si. The van der Waals surface area contributed by atoms with E-state index in [4.69, 9.17) is 10.3 Å². The molecule has 320 valence electrons. The van der Waals surface area contributed by atoms with Gasteiger partial charge in [-0.15, -0.1) is 47.0 Å². The molecule has 0 spiro atoms. The molecule has 1 saturated carbocycles. The molecule has 6 heteroatoms. The molecule has 1 aliphatic carbocycles. The van der Waals surface area contributed by atoms with Gasteiger partial charge in [0, 0.05) is 28.8 Å². The summed E-state index contributed by atoms with van der Waals surface area (Å²) in [6, 6.07) is 56.6. The molecule has 63 heavy (non-hydrogen) atoms. The van der Waals surface area contributed by atoms with Crippen LogP contribution in [0.25, 0.3) is 44.1 Å². The third-order valence-electron chi connectivity index (χ3n) is 12.9. The SMILES string of the molecule is CC(C)c1cccc(C(C)C)c1N1c2ccccc2[N-]C1c1[c-]cc2c(c1)c1ccccc1n2-c1ccccc1.C[Si](C)(C)c1cnc(-c2[c-]cccc2)cc1C1CCCCC1.[Ir+3]. The minimum atomic E-state index is -1.36. The number of para-hydroxylation sites is 5. The molecule has 1 aliphatic heterocycles. The molecule has 0 amide bonds. The minimum absolute atomic E-state index is 0. The van der Waals surface area contributed by atoms with E-state index in [9.17, 15) is 0 Å². The molecule has 2 aromatic heterocycles. The monoisotopic (exact) mass is 1020 g/mol. The summed E-state index contributed by atoms with van der Waals surface area (Å²) in [6.45, 7) is 16.4. The Kier molecular flexibility index (Phi) is 13.3. The average Bonchev–Trinajstić information content (AvgIpc) is 3.85. The van der Waals surface area contributed by atoms with Crippen LogP contribution in [0.3, 0.4) is 0 Å². The molecule has 3 heterocycles. The van der Waals surface area contributed by atoms with Gasteiger partial charge in [-0.05, 0) is 88.4 Å². The Morgan fingerprint density at radius 3 is 2.06 bits per heavy atom. The molecule has 0 bridgehead atoms. The second kappa shape index (κ2) is 18.8. The number of benzene rings is 6. The first kappa shape index (κ1) is 44.3. The number of rotatable bonds is 8. The first-order valence-electron chi connectivity index (χ1n) is 22.8. The number of hydrogen-bond acceptors (Lipinski definition) is 2. The van der Waals surface area contributed by atoms with Crippen LogP contribution in [0.2, 0.25) is 19.6 Å². The van der Waals surface area contributed by atoms with Crippen molar-refractivity contribution in [3.05, 3.63) is 185 Å². The van der Waals surface area contributed by atoms with Crippen molar-refractivity contribution in [1.29, 1.82) is 0 Å². The van der Waals surface area contributed by atoms with Crippen LogP contribution in [0.15, 0.2) is 146 Å². The van der Waals surface area contributed by atoms with Crippen molar-refractivity contribution in [3.63, 3.8) is 0 Å². The summed E-state index contributed by atoms with van der Waals surface area (Å²) in [5.74, 6) is 1.51. The van der Waals surface area contributed by atoms with Gasteiger partial charge in [-0.3, -0.25) is 0 Å². The molecule has 10 rings (SSSR count). The summed E-state index contributed by atoms with van der Waals surface area (Å²) in [5.41, 5.74) is 14.5. The van der Waals surface area contributed by atoms with E-state index in [-0.39, 0.29) is 26.3 Å². The third kappa shape index (κ3) is 8.83. The van der Waals surface area contributed by atoms with Crippen LogP contribution in [0.4, 0.5) is 17.1 Å². The summed E-state index contributed by atoms with van der Waals surface area (Å²) < 4.78 is 2.34. The van der Waals surface area contributed by atoms with Gasteiger partial charge in [0.1, 0.15) is 0 Å². The maximum atomic E-state index is 5.32. The number of aromatic nitrogens is 2. The van der Waals surface area contributed by atoms with Gasteiger partial charge in [0.2, 0.25) is 0 Å². The van der Waals surface area contributed by atoms with Crippen molar-refractivity contribution < 1.29 is 20.1 Å². The van der Waals surface area contributed by atoms with E-state index < -0.39 is 8.07 Å². The smallest absolute Gasteiger partial charge is 0.661 e. The normalized spacial score (nSPS) is 15.3. The Labute approximate surface area is 390 Å². The molecule has 1 fully saturated rings. The van der Waals surface area contributed by atoms with Gasteiger partial charge >= 0.3 is 20.1 Å². The summed E-state index contributed by atoms with van der Waals surface area (Å²) in [7, 11) is -1.36. The molecule has 6 aromatic carbocycles. The average molecular weight is 1020 g/mol. The van der Waals surface area contributed by atoms with Gasteiger partial charge in [-0.1, -0.05) is 157 Å². The van der Waals surface area contributed by atoms with Crippen molar-refractivity contribution in [2.45, 2.75) is 103 Å². The zero-order valence-electron chi connectivity index (χ0n) is 37.8. The van der Waals surface area contributed by atoms with E-state index in [1.807, 2.05) is 12.1 Å². The maximum Gasteiger partial charge on any atom is 3.00 e. The Bertz CT molecular complexity index is 2790. The largest absolute Gasteiger partial charge is 3.00 e. The molecule has 0 N–H and O–H groups in total. The summed E-state index contributed by atoms with van der Waals surface area (Å²) in [5, 5.41) is 9.34. The molecule has 4 nitrogen and oxygen atoms in total. The maximum absolute atomic E-state index is 5.32. The van der Waals surface area contributed by atoms with Gasteiger partial charge in [-0.2, -0.15) is 23.8 Å². The zero-order chi connectivity index (χ0) is 43.0. The number of hydrogen-bond donors (Lipinski definition) is 0. The fourth-order valence-electron chi connectivity index (χ4n) is 9.82. The van der Waals surface area contributed by atoms with Crippen LogP contribution in [0, 0.1) is 12.1 Å². The van der Waals surface area contributed by atoms with Crippen molar-refractivity contribution in [1.82, 2.24) is 9.55 Å². The fraction of sp³-hybridized carbons (Fsp3) is 0.281. The molecule has 2 aliphatic rings. The summed E-state index contributed by atoms with van der Waals surface area (Å²) in [4.78, 5) is 7.24. The molecule has 8 aromatic rings. The van der Waals surface area contributed by atoms with Gasteiger partial charge in [-0.25, -0.2) is 0 Å². The van der Waals surface area contributed by atoms with Crippen LogP contribution in [0.1, 0.15) is 106 Å². The van der Waals surface area contributed by atoms with E-state index in [2.05, 4.69) is 203 Å². The molecular weight excluding hydrogens is 961 g/mol. The Balaban J connectivity index is 0.000000201. The molecule has 0 radical (unpaired) electrons. The first-order valence-corrected chi connectivity index (χ1v) is 26.3. The summed E-state index contributed by atoms with van der Waals surface area (Å²) in [6.07, 6.45) is 8.84. The topological polar surface area (TPSA) is 35.2 Å². The molecule has 1 unspecified atom stereocenters. The van der Waals surface area contributed by atoms with Gasteiger partial charge in [0.05, 0.1) is 8.07 Å². The van der Waals surface area contributed by atoms with Crippen molar-refractivity contribution in [2.24, 2.45) is 0 Å². The first-order chi connectivity index (χ1) is 30.1. The van der Waals surface area contributed by atoms with Gasteiger partial charge < -0.3 is 19.8 Å². The predicted molar refractivity (Wildman–Crippen MR) is 266 cm³/mol. The van der Waals surface area contributed by atoms with Crippen LogP contribution >= 0.6 is 0 Å². The van der Waals surface area contributed by atoms with E-state index >= 15 is 0 Å².